The van der Waals surface area contributed by atoms with Gasteiger partial charge in [-0.3, -0.25) is 4.79 Å². The van der Waals surface area contributed by atoms with Gasteiger partial charge in [-0.2, -0.15) is 0 Å². The lowest BCUT2D eigenvalue weighted by Gasteiger charge is -2.09. The predicted molar refractivity (Wildman–Crippen MR) is 59.8 cm³/mol. The molecule has 1 aliphatic heterocycles. The summed E-state index contributed by atoms with van der Waals surface area (Å²) in [6, 6.07) is 5.30. The molecule has 1 N–H and O–H groups in total. The molecular weight excluding hydrogens is 208 g/mol. The van der Waals surface area contributed by atoms with E-state index < -0.39 is 0 Å². The van der Waals surface area contributed by atoms with Crippen molar-refractivity contribution >= 4 is 17.3 Å². The number of nitrogens with zero attached hydrogens (tertiary/aromatic N) is 1. The largest absolute Gasteiger partial charge is 0.469 e. The van der Waals surface area contributed by atoms with Crippen LogP contribution >= 0.6 is 0 Å². The van der Waals surface area contributed by atoms with Gasteiger partial charge in [0.15, 0.2) is 0 Å². The highest BCUT2D eigenvalue weighted by Gasteiger charge is 2.27. The van der Waals surface area contributed by atoms with Gasteiger partial charge in [0.05, 0.1) is 13.5 Å². The quantitative estimate of drug-likeness (QED) is 0.626. The van der Waals surface area contributed by atoms with Crippen LogP contribution in [-0.4, -0.2) is 19.6 Å². The van der Waals surface area contributed by atoms with Crippen molar-refractivity contribution in [1.29, 1.82) is 0 Å². The Kier molecular flexibility index (Phi) is 2.85. The third-order valence-electron chi connectivity index (χ3n) is 2.77. The highest BCUT2D eigenvalue weighted by molar-refractivity contribution is 5.75. The molecule has 0 aliphatic carbocycles. The molecule has 0 amide bonds. The summed E-state index contributed by atoms with van der Waals surface area (Å²) in [6.45, 7) is 0.636. The molecule has 1 unspecified atom stereocenters. The first-order valence-electron chi connectivity index (χ1n) is 5.03. The molecule has 5 heteroatoms. The van der Waals surface area contributed by atoms with Crippen molar-refractivity contribution in [2.24, 2.45) is 5.18 Å². The van der Waals surface area contributed by atoms with Crippen molar-refractivity contribution in [3.8, 4) is 0 Å². The molecule has 5 nitrogen and oxygen atoms in total. The standard InChI is InChI=1S/C11H12N2O3/c1-16-10(14)5-7-6-12-8-3-2-4-9(13-15)11(7)8/h2-4,7,12H,5-6H2,1H3. The second-order valence-corrected chi connectivity index (χ2v) is 3.69. The predicted octanol–water partition coefficient (Wildman–Crippen LogP) is 2.16. The molecule has 0 bridgehead atoms. The van der Waals surface area contributed by atoms with Crippen molar-refractivity contribution in [1.82, 2.24) is 0 Å². The molecule has 16 heavy (non-hydrogen) atoms. The van der Waals surface area contributed by atoms with Gasteiger partial charge in [0.2, 0.25) is 0 Å². The average molecular weight is 220 g/mol. The van der Waals surface area contributed by atoms with E-state index in [0.717, 1.165) is 11.3 Å². The van der Waals surface area contributed by atoms with Crippen LogP contribution in [0.3, 0.4) is 0 Å². The highest BCUT2D eigenvalue weighted by Crippen LogP contribution is 2.40. The van der Waals surface area contributed by atoms with E-state index in [0.29, 0.717) is 12.2 Å². The number of hydrogen-bond donors (Lipinski definition) is 1. The second kappa shape index (κ2) is 4.30. The summed E-state index contributed by atoms with van der Waals surface area (Å²) < 4.78 is 4.63. The molecule has 0 spiro atoms. The van der Waals surface area contributed by atoms with Gasteiger partial charge in [-0.15, -0.1) is 4.91 Å². The normalized spacial score (nSPS) is 17.4. The van der Waals surface area contributed by atoms with Gasteiger partial charge in [-0.05, 0) is 17.3 Å². The summed E-state index contributed by atoms with van der Waals surface area (Å²) >= 11 is 0. The molecule has 0 saturated heterocycles. The first kappa shape index (κ1) is 10.6. The van der Waals surface area contributed by atoms with E-state index in [1.165, 1.54) is 7.11 Å². The number of anilines is 1. The van der Waals surface area contributed by atoms with Crippen LogP contribution in [-0.2, 0) is 9.53 Å². The summed E-state index contributed by atoms with van der Waals surface area (Å²) in [7, 11) is 1.36. The molecule has 0 aromatic heterocycles. The molecule has 1 heterocycles. The Labute approximate surface area is 92.8 Å². The van der Waals surface area contributed by atoms with Crippen LogP contribution in [0, 0.1) is 4.91 Å². The van der Waals surface area contributed by atoms with E-state index in [-0.39, 0.29) is 18.3 Å². The first-order chi connectivity index (χ1) is 7.76. The molecule has 2 rings (SSSR count). The monoisotopic (exact) mass is 220 g/mol. The zero-order valence-electron chi connectivity index (χ0n) is 8.90. The van der Waals surface area contributed by atoms with E-state index in [2.05, 4.69) is 15.2 Å². The molecule has 0 radical (unpaired) electrons. The number of benzene rings is 1. The smallest absolute Gasteiger partial charge is 0.306 e. The minimum atomic E-state index is -0.277. The number of carbonyl (C=O) groups excluding carboxylic acids is 1. The molecule has 84 valence electrons. The molecule has 1 atom stereocenters. The van der Waals surface area contributed by atoms with Crippen LogP contribution in [0.1, 0.15) is 17.9 Å². The van der Waals surface area contributed by atoms with Gasteiger partial charge in [-0.1, -0.05) is 6.07 Å². The number of rotatable bonds is 3. The van der Waals surface area contributed by atoms with E-state index in [4.69, 9.17) is 0 Å². The maximum absolute atomic E-state index is 11.2. The van der Waals surface area contributed by atoms with E-state index in [1.54, 1.807) is 12.1 Å². The van der Waals surface area contributed by atoms with Crippen LogP contribution < -0.4 is 5.32 Å². The van der Waals surface area contributed by atoms with Crippen LogP contribution in [0.25, 0.3) is 0 Å². The van der Waals surface area contributed by atoms with Gasteiger partial charge in [-0.25, -0.2) is 0 Å². The molecule has 0 fully saturated rings. The summed E-state index contributed by atoms with van der Waals surface area (Å²) in [4.78, 5) is 21.9. The highest BCUT2D eigenvalue weighted by atomic mass is 16.5. The van der Waals surface area contributed by atoms with Crippen LogP contribution in [0.15, 0.2) is 23.4 Å². The number of hydrogen-bond acceptors (Lipinski definition) is 5. The minimum Gasteiger partial charge on any atom is -0.469 e. The Hall–Kier alpha value is -1.91. The Morgan fingerprint density at radius 3 is 3.12 bits per heavy atom. The Balaban J connectivity index is 2.30. The molecule has 0 saturated carbocycles. The van der Waals surface area contributed by atoms with Crippen LogP contribution in [0.2, 0.25) is 0 Å². The lowest BCUT2D eigenvalue weighted by Crippen LogP contribution is -2.10. The number of methoxy groups -OCH3 is 1. The maximum atomic E-state index is 11.2. The second-order valence-electron chi connectivity index (χ2n) is 3.69. The Bertz CT molecular complexity index is 431. The lowest BCUT2D eigenvalue weighted by atomic mass is 9.96. The van der Waals surface area contributed by atoms with Gasteiger partial charge in [0.25, 0.3) is 0 Å². The van der Waals surface area contributed by atoms with Gasteiger partial charge >= 0.3 is 5.97 Å². The molecule has 1 aromatic rings. The number of esters is 1. The van der Waals surface area contributed by atoms with E-state index in [9.17, 15) is 9.70 Å². The van der Waals surface area contributed by atoms with E-state index in [1.807, 2.05) is 6.07 Å². The summed E-state index contributed by atoms with van der Waals surface area (Å²) in [5.74, 6) is -0.309. The van der Waals surface area contributed by atoms with Crippen molar-refractivity contribution in [2.45, 2.75) is 12.3 Å². The molecule has 1 aliphatic rings. The fourth-order valence-electron chi connectivity index (χ4n) is 2.01. The van der Waals surface area contributed by atoms with Crippen molar-refractivity contribution in [3.05, 3.63) is 28.7 Å². The maximum Gasteiger partial charge on any atom is 0.306 e. The summed E-state index contributed by atoms with van der Waals surface area (Å²) in [6.07, 6.45) is 0.267. The third-order valence-corrected chi connectivity index (χ3v) is 2.77. The zero-order valence-corrected chi connectivity index (χ0v) is 8.90. The SMILES string of the molecule is COC(=O)CC1CNc2cccc(N=O)c21. The Morgan fingerprint density at radius 2 is 2.44 bits per heavy atom. The topological polar surface area (TPSA) is 67.8 Å². The van der Waals surface area contributed by atoms with Crippen molar-refractivity contribution in [3.63, 3.8) is 0 Å². The fraction of sp³-hybridized carbons (Fsp3) is 0.364. The van der Waals surface area contributed by atoms with Gasteiger partial charge in [0.1, 0.15) is 5.69 Å². The van der Waals surface area contributed by atoms with E-state index >= 15 is 0 Å². The number of carbonyl (C=O) groups is 1. The van der Waals surface area contributed by atoms with Crippen molar-refractivity contribution in [2.75, 3.05) is 19.0 Å². The third kappa shape index (κ3) is 1.76. The van der Waals surface area contributed by atoms with Crippen LogP contribution in [0.5, 0.6) is 0 Å². The van der Waals surface area contributed by atoms with Gasteiger partial charge in [0, 0.05) is 23.7 Å². The number of nitroso groups, excluding NO2 is 1. The minimum absolute atomic E-state index is 0.0312. The first-order valence-corrected chi connectivity index (χ1v) is 5.03. The zero-order chi connectivity index (χ0) is 11.5. The van der Waals surface area contributed by atoms with Crippen molar-refractivity contribution < 1.29 is 9.53 Å². The Morgan fingerprint density at radius 1 is 1.62 bits per heavy atom. The van der Waals surface area contributed by atoms with Gasteiger partial charge < -0.3 is 10.1 Å². The molecular formula is C11H12N2O3. The van der Waals surface area contributed by atoms with Crippen LogP contribution in [0.4, 0.5) is 11.4 Å². The number of ether oxygens (including phenoxy) is 1. The summed E-state index contributed by atoms with van der Waals surface area (Å²) in [5, 5.41) is 6.13. The summed E-state index contributed by atoms with van der Waals surface area (Å²) in [5.41, 5.74) is 2.10. The molecule has 1 aromatic carbocycles. The number of fused-ring (bicyclic) bond motifs is 1. The fourth-order valence-corrected chi connectivity index (χ4v) is 2.01. The average Bonchev–Trinajstić information content (AvgIpc) is 2.72. The lowest BCUT2D eigenvalue weighted by molar-refractivity contribution is -0.140. The number of nitrogens with one attached hydrogen (secondary N) is 1.